The Morgan fingerprint density at radius 2 is 1.94 bits per heavy atom. The van der Waals surface area contributed by atoms with Gasteiger partial charge in [-0.1, -0.05) is 24.3 Å². The lowest BCUT2D eigenvalue weighted by Crippen LogP contribution is -2.05. The van der Waals surface area contributed by atoms with Crippen LogP contribution in [-0.4, -0.2) is 9.55 Å². The van der Waals surface area contributed by atoms with Crippen molar-refractivity contribution >= 4 is 0 Å². The van der Waals surface area contributed by atoms with Crippen molar-refractivity contribution in [1.29, 1.82) is 0 Å². The Labute approximate surface area is 102 Å². The Bertz CT molecular complexity index is 526. The van der Waals surface area contributed by atoms with Crippen molar-refractivity contribution in [3.8, 4) is 0 Å². The highest BCUT2D eigenvalue weighted by atomic mass is 15.1. The number of hydrogen-bond donors (Lipinski definition) is 1. The normalized spacial score (nSPS) is 10.8. The van der Waals surface area contributed by atoms with E-state index >= 15 is 0 Å². The molecule has 0 radical (unpaired) electrons. The van der Waals surface area contributed by atoms with E-state index in [0.717, 1.165) is 17.9 Å². The topological polar surface area (TPSA) is 43.8 Å². The smallest absolute Gasteiger partial charge is 0.122 e. The first kappa shape index (κ1) is 11.9. The summed E-state index contributed by atoms with van der Waals surface area (Å²) in [6, 6.07) is 8.43. The molecule has 0 aliphatic carbocycles. The van der Waals surface area contributed by atoms with Crippen LogP contribution in [0.5, 0.6) is 0 Å². The second-order valence-corrected chi connectivity index (χ2v) is 4.43. The molecule has 3 nitrogen and oxygen atoms in total. The third kappa shape index (κ3) is 2.24. The summed E-state index contributed by atoms with van der Waals surface area (Å²) in [6.45, 7) is 4.72. The number of rotatable bonds is 3. The van der Waals surface area contributed by atoms with E-state index in [1.807, 2.05) is 7.05 Å². The summed E-state index contributed by atoms with van der Waals surface area (Å²) in [5, 5.41) is 0. The molecule has 0 amide bonds. The van der Waals surface area contributed by atoms with Crippen molar-refractivity contribution in [1.82, 2.24) is 9.55 Å². The molecule has 0 spiro atoms. The number of hydrogen-bond acceptors (Lipinski definition) is 2. The van der Waals surface area contributed by atoms with E-state index in [4.69, 9.17) is 5.73 Å². The van der Waals surface area contributed by atoms with E-state index in [1.165, 1.54) is 16.8 Å². The van der Waals surface area contributed by atoms with Crippen LogP contribution in [0.4, 0.5) is 0 Å². The second-order valence-electron chi connectivity index (χ2n) is 4.43. The molecular weight excluding hydrogens is 210 g/mol. The Balaban J connectivity index is 2.34. The largest absolute Gasteiger partial charge is 0.334 e. The minimum Gasteiger partial charge on any atom is -0.334 e. The van der Waals surface area contributed by atoms with E-state index < -0.39 is 0 Å². The first-order valence-electron chi connectivity index (χ1n) is 5.89. The van der Waals surface area contributed by atoms with Gasteiger partial charge in [-0.15, -0.1) is 0 Å². The van der Waals surface area contributed by atoms with Crippen molar-refractivity contribution in [2.75, 3.05) is 0 Å². The van der Waals surface area contributed by atoms with Crippen LogP contribution < -0.4 is 5.73 Å². The molecule has 0 aliphatic rings. The average Bonchev–Trinajstić information content (AvgIpc) is 2.60. The molecule has 0 aliphatic heterocycles. The Hall–Kier alpha value is -1.61. The molecular formula is C14H19N3. The van der Waals surface area contributed by atoms with Gasteiger partial charge in [0.15, 0.2) is 0 Å². The maximum absolute atomic E-state index is 5.67. The number of aryl methyl sites for hydroxylation is 1. The van der Waals surface area contributed by atoms with E-state index in [-0.39, 0.29) is 0 Å². The lowest BCUT2D eigenvalue weighted by molar-refractivity contribution is 0.774. The highest BCUT2D eigenvalue weighted by molar-refractivity contribution is 5.31. The fraction of sp³-hybridized carbons (Fsp3) is 0.357. The van der Waals surface area contributed by atoms with Crippen LogP contribution in [0.2, 0.25) is 0 Å². The van der Waals surface area contributed by atoms with Crippen molar-refractivity contribution in [3.63, 3.8) is 0 Å². The summed E-state index contributed by atoms with van der Waals surface area (Å²) in [4.78, 5) is 4.60. The van der Waals surface area contributed by atoms with Crippen molar-refractivity contribution in [2.45, 2.75) is 26.8 Å². The highest BCUT2D eigenvalue weighted by Crippen LogP contribution is 2.16. The third-order valence-electron chi connectivity index (χ3n) is 3.37. The van der Waals surface area contributed by atoms with Crippen LogP contribution in [0.25, 0.3) is 0 Å². The SMILES string of the molecule is Cc1ccccc1Cc1nc(CN)n(C)c1C. The third-order valence-corrected chi connectivity index (χ3v) is 3.37. The molecule has 90 valence electrons. The number of imidazole rings is 1. The summed E-state index contributed by atoms with van der Waals surface area (Å²) in [7, 11) is 2.02. The van der Waals surface area contributed by atoms with Gasteiger partial charge < -0.3 is 10.3 Å². The van der Waals surface area contributed by atoms with Gasteiger partial charge in [-0.2, -0.15) is 0 Å². The molecule has 0 fully saturated rings. The second kappa shape index (κ2) is 4.72. The van der Waals surface area contributed by atoms with Crippen LogP contribution in [-0.2, 0) is 20.0 Å². The first-order valence-corrected chi connectivity index (χ1v) is 5.89. The molecule has 17 heavy (non-hydrogen) atoms. The summed E-state index contributed by atoms with van der Waals surface area (Å²) in [5.41, 5.74) is 10.6. The summed E-state index contributed by atoms with van der Waals surface area (Å²) >= 11 is 0. The molecule has 0 bridgehead atoms. The van der Waals surface area contributed by atoms with Gasteiger partial charge in [-0.25, -0.2) is 4.98 Å². The zero-order chi connectivity index (χ0) is 12.4. The van der Waals surface area contributed by atoms with E-state index in [0.29, 0.717) is 6.54 Å². The predicted octanol–water partition coefficient (Wildman–Crippen LogP) is 2.09. The standard InChI is InChI=1S/C14H19N3/c1-10-6-4-5-7-12(10)8-13-11(2)17(3)14(9-15)16-13/h4-7H,8-9,15H2,1-3H3. The molecule has 2 aromatic rings. The molecule has 0 atom stereocenters. The van der Waals surface area contributed by atoms with Crippen molar-refractivity contribution < 1.29 is 0 Å². The van der Waals surface area contributed by atoms with Crippen LogP contribution in [0.3, 0.4) is 0 Å². The molecule has 3 heteroatoms. The van der Waals surface area contributed by atoms with Crippen LogP contribution in [0.1, 0.15) is 28.3 Å². The molecule has 2 rings (SSSR count). The monoisotopic (exact) mass is 229 g/mol. The number of benzene rings is 1. The van der Waals surface area contributed by atoms with Gasteiger partial charge in [0.25, 0.3) is 0 Å². The van der Waals surface area contributed by atoms with Gasteiger partial charge in [0.05, 0.1) is 12.2 Å². The van der Waals surface area contributed by atoms with Crippen LogP contribution >= 0.6 is 0 Å². The summed E-state index contributed by atoms with van der Waals surface area (Å²) < 4.78 is 2.08. The number of nitrogens with zero attached hydrogens (tertiary/aromatic N) is 2. The predicted molar refractivity (Wildman–Crippen MR) is 69.8 cm³/mol. The summed E-state index contributed by atoms with van der Waals surface area (Å²) in [6.07, 6.45) is 0.881. The van der Waals surface area contributed by atoms with Crippen LogP contribution in [0, 0.1) is 13.8 Å². The fourth-order valence-corrected chi connectivity index (χ4v) is 2.04. The molecule has 0 saturated heterocycles. The van der Waals surface area contributed by atoms with Crippen molar-refractivity contribution in [3.05, 3.63) is 52.6 Å². The Morgan fingerprint density at radius 3 is 2.53 bits per heavy atom. The molecule has 1 aromatic heterocycles. The summed E-state index contributed by atoms with van der Waals surface area (Å²) in [5.74, 6) is 0.950. The molecule has 0 unspecified atom stereocenters. The molecule has 1 heterocycles. The lowest BCUT2D eigenvalue weighted by Gasteiger charge is -2.04. The zero-order valence-electron chi connectivity index (χ0n) is 10.7. The van der Waals surface area contributed by atoms with Gasteiger partial charge in [0.2, 0.25) is 0 Å². The van der Waals surface area contributed by atoms with Crippen LogP contribution in [0.15, 0.2) is 24.3 Å². The molecule has 1 aromatic carbocycles. The maximum atomic E-state index is 5.67. The Kier molecular flexibility index (Phi) is 3.29. The quantitative estimate of drug-likeness (QED) is 0.875. The Morgan fingerprint density at radius 1 is 1.24 bits per heavy atom. The van der Waals surface area contributed by atoms with Gasteiger partial charge in [0, 0.05) is 19.2 Å². The van der Waals surface area contributed by atoms with Gasteiger partial charge in [-0.05, 0) is 25.0 Å². The molecule has 2 N–H and O–H groups in total. The fourth-order valence-electron chi connectivity index (χ4n) is 2.04. The van der Waals surface area contributed by atoms with Gasteiger partial charge in [-0.3, -0.25) is 0 Å². The minimum atomic E-state index is 0.491. The van der Waals surface area contributed by atoms with E-state index in [9.17, 15) is 0 Å². The van der Waals surface area contributed by atoms with E-state index in [2.05, 4.69) is 47.7 Å². The number of nitrogens with two attached hydrogens (primary N) is 1. The van der Waals surface area contributed by atoms with Gasteiger partial charge in [0.1, 0.15) is 5.82 Å². The zero-order valence-corrected chi connectivity index (χ0v) is 10.7. The van der Waals surface area contributed by atoms with E-state index in [1.54, 1.807) is 0 Å². The highest BCUT2D eigenvalue weighted by Gasteiger charge is 2.11. The van der Waals surface area contributed by atoms with Gasteiger partial charge >= 0.3 is 0 Å². The lowest BCUT2D eigenvalue weighted by atomic mass is 10.0. The number of aromatic nitrogens is 2. The van der Waals surface area contributed by atoms with Crippen molar-refractivity contribution in [2.24, 2.45) is 12.8 Å². The average molecular weight is 229 g/mol. The maximum Gasteiger partial charge on any atom is 0.122 e. The minimum absolute atomic E-state index is 0.491. The first-order chi connectivity index (χ1) is 8.13. The molecule has 0 saturated carbocycles.